The summed E-state index contributed by atoms with van der Waals surface area (Å²) in [6.45, 7) is 0.223. The highest BCUT2D eigenvalue weighted by Gasteiger charge is 2.35. The smallest absolute Gasteiger partial charge is 0.305 e. The van der Waals surface area contributed by atoms with E-state index in [4.69, 9.17) is 0 Å². The minimum Gasteiger partial charge on any atom is -0.469 e. The molecule has 7 nitrogen and oxygen atoms in total. The lowest BCUT2D eigenvalue weighted by atomic mass is 10.2. The molecule has 0 aromatic carbocycles. The van der Waals surface area contributed by atoms with E-state index in [1.165, 1.54) is 18.5 Å². The fourth-order valence-electron chi connectivity index (χ4n) is 2.10. The summed E-state index contributed by atoms with van der Waals surface area (Å²) in [6.07, 6.45) is 0.834. The van der Waals surface area contributed by atoms with E-state index in [2.05, 4.69) is 4.74 Å². The van der Waals surface area contributed by atoms with E-state index < -0.39 is 25.1 Å². The quantitative estimate of drug-likeness (QED) is 0.626. The van der Waals surface area contributed by atoms with Crippen LogP contribution in [0.5, 0.6) is 0 Å². The number of ether oxygens (including phenoxy) is 1. The van der Waals surface area contributed by atoms with Gasteiger partial charge in [0.25, 0.3) is 0 Å². The molecular formula is C11H21NO6S2. The molecule has 0 atom stereocenters. The topological polar surface area (TPSA) is 97.8 Å². The van der Waals surface area contributed by atoms with E-state index in [9.17, 15) is 21.6 Å². The minimum atomic E-state index is -3.50. The molecule has 0 N–H and O–H groups in total. The maximum absolute atomic E-state index is 12.3. The van der Waals surface area contributed by atoms with Crippen molar-refractivity contribution in [2.45, 2.75) is 30.9 Å². The fourth-order valence-corrected chi connectivity index (χ4v) is 5.61. The third-order valence-corrected chi connectivity index (χ3v) is 7.52. The number of hydrogen-bond donors (Lipinski definition) is 0. The van der Waals surface area contributed by atoms with Gasteiger partial charge in [-0.25, -0.2) is 21.1 Å². The first-order chi connectivity index (χ1) is 9.19. The SMILES string of the molecule is COC(=O)CCCN(C)S(=O)(=O)C1CCS(=O)(=O)CC1. The Morgan fingerprint density at radius 2 is 1.85 bits per heavy atom. The highest BCUT2D eigenvalue weighted by atomic mass is 32.2. The van der Waals surface area contributed by atoms with Crippen molar-refractivity contribution >= 4 is 25.8 Å². The van der Waals surface area contributed by atoms with Crippen LogP contribution in [0.2, 0.25) is 0 Å². The van der Waals surface area contributed by atoms with Gasteiger partial charge >= 0.3 is 5.97 Å². The van der Waals surface area contributed by atoms with Crippen LogP contribution in [0, 0.1) is 0 Å². The Balaban J connectivity index is 2.53. The van der Waals surface area contributed by atoms with Crippen LogP contribution in [0.1, 0.15) is 25.7 Å². The molecule has 9 heteroatoms. The molecular weight excluding hydrogens is 306 g/mol. The Bertz CT molecular complexity index is 525. The molecule has 1 fully saturated rings. The second-order valence-electron chi connectivity index (χ2n) is 4.90. The van der Waals surface area contributed by atoms with Gasteiger partial charge in [-0.3, -0.25) is 4.79 Å². The molecule has 0 bridgehead atoms. The Kier molecular flexibility index (Phi) is 5.96. The van der Waals surface area contributed by atoms with Crippen LogP contribution in [0.25, 0.3) is 0 Å². The van der Waals surface area contributed by atoms with E-state index >= 15 is 0 Å². The number of rotatable bonds is 6. The standard InChI is InChI=1S/C11H21NO6S2/c1-12(7-3-4-11(13)18-2)20(16,17)10-5-8-19(14,15)9-6-10/h10H,3-9H2,1-2H3. The molecule has 0 aromatic rings. The van der Waals surface area contributed by atoms with E-state index in [1.54, 1.807) is 0 Å². The van der Waals surface area contributed by atoms with E-state index in [0.29, 0.717) is 6.42 Å². The summed E-state index contributed by atoms with van der Waals surface area (Å²) in [5.41, 5.74) is 0. The Morgan fingerprint density at radius 1 is 1.30 bits per heavy atom. The zero-order valence-electron chi connectivity index (χ0n) is 11.7. The second-order valence-corrected chi connectivity index (χ2v) is 9.52. The molecule has 1 heterocycles. The van der Waals surface area contributed by atoms with Gasteiger partial charge in [0.1, 0.15) is 9.84 Å². The summed E-state index contributed by atoms with van der Waals surface area (Å²) in [5, 5.41) is -0.644. The van der Waals surface area contributed by atoms with Gasteiger partial charge in [-0.05, 0) is 19.3 Å². The first-order valence-electron chi connectivity index (χ1n) is 6.41. The third kappa shape index (κ3) is 4.71. The average Bonchev–Trinajstić information content (AvgIpc) is 2.37. The number of nitrogens with zero attached hydrogens (tertiary/aromatic N) is 1. The number of carbonyl (C=O) groups is 1. The van der Waals surface area contributed by atoms with Crippen LogP contribution in [0.3, 0.4) is 0 Å². The van der Waals surface area contributed by atoms with Gasteiger partial charge < -0.3 is 4.74 Å². The van der Waals surface area contributed by atoms with Crippen LogP contribution < -0.4 is 0 Å². The van der Waals surface area contributed by atoms with Crippen molar-refractivity contribution in [3.05, 3.63) is 0 Å². The van der Waals surface area contributed by atoms with E-state index in [1.807, 2.05) is 0 Å². The summed E-state index contributed by atoms with van der Waals surface area (Å²) < 4.78 is 52.8. The van der Waals surface area contributed by atoms with Crippen molar-refractivity contribution in [2.75, 3.05) is 32.2 Å². The van der Waals surface area contributed by atoms with Gasteiger partial charge in [0.15, 0.2) is 0 Å². The van der Waals surface area contributed by atoms with Gasteiger partial charge in [-0.1, -0.05) is 0 Å². The zero-order valence-corrected chi connectivity index (χ0v) is 13.4. The maximum Gasteiger partial charge on any atom is 0.305 e. The summed E-state index contributed by atoms with van der Waals surface area (Å²) in [4.78, 5) is 11.0. The number of esters is 1. The molecule has 1 saturated heterocycles. The Hall–Kier alpha value is -0.670. The van der Waals surface area contributed by atoms with Crippen molar-refractivity contribution in [2.24, 2.45) is 0 Å². The number of sulfone groups is 1. The molecule has 0 amide bonds. The number of carbonyl (C=O) groups excluding carboxylic acids is 1. The lowest BCUT2D eigenvalue weighted by Crippen LogP contribution is -2.41. The summed E-state index contributed by atoms with van der Waals surface area (Å²) >= 11 is 0. The predicted molar refractivity (Wildman–Crippen MR) is 74.5 cm³/mol. The third-order valence-electron chi connectivity index (χ3n) is 3.44. The van der Waals surface area contributed by atoms with Crippen LogP contribution >= 0.6 is 0 Å². The normalized spacial score (nSPS) is 19.9. The first-order valence-corrected chi connectivity index (χ1v) is 9.74. The largest absolute Gasteiger partial charge is 0.469 e. The molecule has 0 spiro atoms. The van der Waals surface area contributed by atoms with Gasteiger partial charge in [-0.2, -0.15) is 0 Å². The molecule has 0 unspecified atom stereocenters. The molecule has 1 aliphatic rings. The highest BCUT2D eigenvalue weighted by Crippen LogP contribution is 2.21. The molecule has 20 heavy (non-hydrogen) atoms. The fraction of sp³-hybridized carbons (Fsp3) is 0.909. The molecule has 0 aliphatic carbocycles. The predicted octanol–water partition coefficient (Wildman–Crippen LogP) is -0.222. The Morgan fingerprint density at radius 3 is 2.35 bits per heavy atom. The van der Waals surface area contributed by atoms with E-state index in [0.717, 1.165) is 0 Å². The summed E-state index contributed by atoms with van der Waals surface area (Å²) in [7, 11) is -3.84. The number of sulfonamides is 1. The van der Waals surface area contributed by atoms with Gasteiger partial charge in [-0.15, -0.1) is 0 Å². The van der Waals surface area contributed by atoms with Crippen LogP contribution in [0.15, 0.2) is 0 Å². The first kappa shape index (κ1) is 17.4. The number of hydrogen-bond acceptors (Lipinski definition) is 6. The zero-order chi connectivity index (χ0) is 15.4. The van der Waals surface area contributed by atoms with E-state index in [-0.39, 0.29) is 43.3 Å². The molecule has 1 rings (SSSR count). The van der Waals surface area contributed by atoms with Crippen LogP contribution in [-0.2, 0) is 29.4 Å². The lowest BCUT2D eigenvalue weighted by molar-refractivity contribution is -0.140. The summed E-state index contributed by atoms with van der Waals surface area (Å²) in [6, 6.07) is 0. The Labute approximate surface area is 120 Å². The molecule has 0 aromatic heterocycles. The van der Waals surface area contributed by atoms with Crippen molar-refractivity contribution in [1.29, 1.82) is 0 Å². The van der Waals surface area contributed by atoms with Crippen molar-refractivity contribution < 1.29 is 26.4 Å². The molecule has 1 aliphatic heterocycles. The minimum absolute atomic E-state index is 0.0765. The summed E-state index contributed by atoms with van der Waals surface area (Å²) in [5.74, 6) is -0.528. The number of methoxy groups -OCH3 is 1. The van der Waals surface area contributed by atoms with Gasteiger partial charge in [0, 0.05) is 20.0 Å². The highest BCUT2D eigenvalue weighted by molar-refractivity contribution is 7.92. The van der Waals surface area contributed by atoms with Crippen molar-refractivity contribution in [3.63, 3.8) is 0 Å². The molecule has 118 valence electrons. The van der Waals surface area contributed by atoms with Crippen molar-refractivity contribution in [3.8, 4) is 0 Å². The van der Waals surface area contributed by atoms with Gasteiger partial charge in [0.2, 0.25) is 10.0 Å². The van der Waals surface area contributed by atoms with Crippen LogP contribution in [-0.4, -0.2) is 64.6 Å². The molecule has 0 saturated carbocycles. The maximum atomic E-state index is 12.3. The second kappa shape index (κ2) is 6.86. The van der Waals surface area contributed by atoms with Gasteiger partial charge in [0.05, 0.1) is 23.9 Å². The monoisotopic (exact) mass is 327 g/mol. The lowest BCUT2D eigenvalue weighted by Gasteiger charge is -2.27. The van der Waals surface area contributed by atoms with Crippen molar-refractivity contribution in [1.82, 2.24) is 4.31 Å². The molecule has 0 radical (unpaired) electrons. The van der Waals surface area contributed by atoms with Crippen LogP contribution in [0.4, 0.5) is 0 Å². The average molecular weight is 327 g/mol.